The first kappa shape index (κ1) is 24.9. The Morgan fingerprint density at radius 3 is 2.39 bits per heavy atom. The van der Waals surface area contributed by atoms with E-state index in [1.807, 2.05) is 80.6 Å². The van der Waals surface area contributed by atoms with E-state index in [9.17, 15) is 4.79 Å². The highest BCUT2D eigenvalue weighted by Crippen LogP contribution is 2.40. The van der Waals surface area contributed by atoms with Crippen LogP contribution in [0, 0.1) is 13.8 Å². The molecule has 36 heavy (non-hydrogen) atoms. The van der Waals surface area contributed by atoms with E-state index < -0.39 is 6.09 Å². The predicted molar refractivity (Wildman–Crippen MR) is 145 cm³/mol. The van der Waals surface area contributed by atoms with Crippen molar-refractivity contribution in [2.24, 2.45) is 0 Å². The number of carbonyl (C=O) groups excluding carboxylic acids is 1. The third-order valence-corrected chi connectivity index (χ3v) is 5.62. The van der Waals surface area contributed by atoms with Crippen molar-refractivity contribution >= 4 is 40.0 Å². The van der Waals surface area contributed by atoms with Gasteiger partial charge in [0.2, 0.25) is 0 Å². The number of nitrogens with zero attached hydrogens (tertiary/aromatic N) is 1. The highest BCUT2D eigenvalue weighted by molar-refractivity contribution is 7.80. The molecule has 0 fully saturated rings. The molecule has 0 spiro atoms. The minimum atomic E-state index is -0.644. The summed E-state index contributed by atoms with van der Waals surface area (Å²) in [7, 11) is 0. The molecule has 0 saturated carbocycles. The van der Waals surface area contributed by atoms with Crippen molar-refractivity contribution in [3.05, 3.63) is 89.6 Å². The standard InChI is InChI=1S/C28H27N3O4S/c1-4-33-28(32)31-27(36)30-26-24-21(23(16-29-26)34-17-20-12-6-5-7-13-20)14-9-15-22(24)35-25-18(2)10-8-11-19(25)3/h5-16H,4,17H2,1-3H3,(H2,29,30,31,32,36). The minimum Gasteiger partial charge on any atom is -0.487 e. The number of nitrogens with one attached hydrogen (secondary N) is 2. The van der Waals surface area contributed by atoms with Crippen LogP contribution in [0.5, 0.6) is 17.2 Å². The van der Waals surface area contributed by atoms with Crippen molar-refractivity contribution in [1.82, 2.24) is 10.3 Å². The van der Waals surface area contributed by atoms with Gasteiger partial charge >= 0.3 is 6.09 Å². The molecular weight excluding hydrogens is 474 g/mol. The Hall–Kier alpha value is -4.17. The third-order valence-electron chi connectivity index (χ3n) is 5.42. The molecule has 184 valence electrons. The molecule has 1 heterocycles. The number of hydrogen-bond acceptors (Lipinski definition) is 6. The van der Waals surface area contributed by atoms with Gasteiger partial charge < -0.3 is 19.5 Å². The summed E-state index contributed by atoms with van der Waals surface area (Å²) in [6.45, 7) is 6.33. The number of amides is 1. The van der Waals surface area contributed by atoms with E-state index >= 15 is 0 Å². The average Bonchev–Trinajstić information content (AvgIpc) is 2.86. The monoisotopic (exact) mass is 501 g/mol. The van der Waals surface area contributed by atoms with Crippen LogP contribution in [0.1, 0.15) is 23.6 Å². The lowest BCUT2D eigenvalue weighted by atomic mass is 10.1. The third kappa shape index (κ3) is 5.90. The molecule has 4 aromatic rings. The van der Waals surface area contributed by atoms with Crippen LogP contribution < -0.4 is 20.1 Å². The second kappa shape index (κ2) is 11.5. The molecule has 4 rings (SSSR count). The number of hydrogen-bond donors (Lipinski definition) is 2. The van der Waals surface area contributed by atoms with E-state index in [0.29, 0.717) is 29.3 Å². The first-order valence-electron chi connectivity index (χ1n) is 11.5. The zero-order valence-electron chi connectivity index (χ0n) is 20.3. The quantitative estimate of drug-likeness (QED) is 0.274. The molecule has 1 amide bonds. The van der Waals surface area contributed by atoms with Crippen LogP contribution in [0.2, 0.25) is 0 Å². The fourth-order valence-electron chi connectivity index (χ4n) is 3.74. The van der Waals surface area contributed by atoms with E-state index in [0.717, 1.165) is 27.8 Å². The van der Waals surface area contributed by atoms with Gasteiger partial charge in [0.05, 0.1) is 18.2 Å². The summed E-state index contributed by atoms with van der Waals surface area (Å²) in [5.74, 6) is 2.35. The minimum absolute atomic E-state index is 0.0575. The smallest absolute Gasteiger partial charge is 0.413 e. The number of alkyl carbamates (subject to hydrolysis) is 1. The first-order valence-corrected chi connectivity index (χ1v) is 11.9. The van der Waals surface area contributed by atoms with Crippen LogP contribution in [-0.2, 0) is 11.3 Å². The molecule has 3 aromatic carbocycles. The number of para-hydroxylation sites is 1. The Bertz CT molecular complexity index is 1370. The van der Waals surface area contributed by atoms with Crippen molar-refractivity contribution in [3.63, 3.8) is 0 Å². The normalized spacial score (nSPS) is 10.5. The molecular formula is C28H27N3O4S. The summed E-state index contributed by atoms with van der Waals surface area (Å²) in [6.07, 6.45) is 0.984. The van der Waals surface area contributed by atoms with Crippen molar-refractivity contribution in [2.45, 2.75) is 27.4 Å². The van der Waals surface area contributed by atoms with Gasteiger partial charge in [-0.15, -0.1) is 0 Å². The molecule has 0 aliphatic heterocycles. The van der Waals surface area contributed by atoms with E-state index in [4.69, 9.17) is 26.4 Å². The number of pyridine rings is 1. The van der Waals surface area contributed by atoms with Crippen LogP contribution in [-0.4, -0.2) is 22.8 Å². The van der Waals surface area contributed by atoms with Gasteiger partial charge in [-0.1, -0.05) is 60.7 Å². The van der Waals surface area contributed by atoms with Crippen LogP contribution in [0.15, 0.2) is 72.9 Å². The Labute approximate surface area is 215 Å². The Morgan fingerprint density at radius 1 is 0.944 bits per heavy atom. The lowest BCUT2D eigenvalue weighted by Gasteiger charge is -2.18. The van der Waals surface area contributed by atoms with E-state index in [1.54, 1.807) is 13.1 Å². The van der Waals surface area contributed by atoms with Crippen molar-refractivity contribution in [2.75, 3.05) is 11.9 Å². The first-order chi connectivity index (χ1) is 17.5. The molecule has 2 N–H and O–H groups in total. The Balaban J connectivity index is 1.74. The second-order valence-corrected chi connectivity index (χ2v) is 8.45. The SMILES string of the molecule is CCOC(=O)NC(=S)Nc1ncc(OCc2ccccc2)c2cccc(Oc3c(C)cccc3C)c12. The topological polar surface area (TPSA) is 81.7 Å². The molecule has 8 heteroatoms. The number of fused-ring (bicyclic) bond motifs is 1. The Kier molecular flexibility index (Phi) is 7.97. The van der Waals surface area contributed by atoms with Gasteiger partial charge in [-0.2, -0.15) is 0 Å². The van der Waals surface area contributed by atoms with Gasteiger partial charge in [0.15, 0.2) is 5.11 Å². The van der Waals surface area contributed by atoms with E-state index in [-0.39, 0.29) is 11.7 Å². The molecule has 0 atom stereocenters. The number of thiocarbonyl (C=S) groups is 1. The maximum atomic E-state index is 11.8. The average molecular weight is 502 g/mol. The van der Waals surface area contributed by atoms with Gasteiger partial charge in [0.1, 0.15) is 29.7 Å². The van der Waals surface area contributed by atoms with Crippen molar-refractivity contribution in [3.8, 4) is 17.2 Å². The lowest BCUT2D eigenvalue weighted by Crippen LogP contribution is -2.34. The molecule has 7 nitrogen and oxygen atoms in total. The van der Waals surface area contributed by atoms with Crippen LogP contribution in [0.3, 0.4) is 0 Å². The van der Waals surface area contributed by atoms with Gasteiger partial charge in [-0.05, 0) is 55.7 Å². The maximum absolute atomic E-state index is 11.8. The van der Waals surface area contributed by atoms with Gasteiger partial charge in [0.25, 0.3) is 0 Å². The van der Waals surface area contributed by atoms with Crippen LogP contribution in [0.25, 0.3) is 10.8 Å². The van der Waals surface area contributed by atoms with E-state index in [1.165, 1.54) is 0 Å². The van der Waals surface area contributed by atoms with Crippen LogP contribution in [0.4, 0.5) is 10.6 Å². The highest BCUT2D eigenvalue weighted by Gasteiger charge is 2.17. The number of carbonyl (C=O) groups is 1. The summed E-state index contributed by atoms with van der Waals surface area (Å²) in [6, 6.07) is 21.6. The molecule has 0 unspecified atom stereocenters. The summed E-state index contributed by atoms with van der Waals surface area (Å²) in [5.41, 5.74) is 3.05. The summed E-state index contributed by atoms with van der Waals surface area (Å²) in [4.78, 5) is 16.4. The molecule has 0 aliphatic rings. The fourth-order valence-corrected chi connectivity index (χ4v) is 3.92. The maximum Gasteiger partial charge on any atom is 0.413 e. The largest absolute Gasteiger partial charge is 0.487 e. The Morgan fingerprint density at radius 2 is 1.67 bits per heavy atom. The number of benzene rings is 3. The lowest BCUT2D eigenvalue weighted by molar-refractivity contribution is 0.158. The second-order valence-electron chi connectivity index (χ2n) is 8.05. The number of ether oxygens (including phenoxy) is 3. The summed E-state index contributed by atoms with van der Waals surface area (Å²) < 4.78 is 17.5. The van der Waals surface area contributed by atoms with Crippen molar-refractivity contribution in [1.29, 1.82) is 0 Å². The van der Waals surface area contributed by atoms with Crippen LogP contribution >= 0.6 is 12.2 Å². The highest BCUT2D eigenvalue weighted by atomic mass is 32.1. The van der Waals surface area contributed by atoms with Gasteiger partial charge in [-0.25, -0.2) is 9.78 Å². The summed E-state index contributed by atoms with van der Waals surface area (Å²) in [5, 5.41) is 7.00. The predicted octanol–water partition coefficient (Wildman–Crippen LogP) is 6.67. The number of aryl methyl sites for hydroxylation is 2. The number of rotatable bonds is 7. The molecule has 0 aliphatic carbocycles. The summed E-state index contributed by atoms with van der Waals surface area (Å²) >= 11 is 5.32. The molecule has 0 saturated heterocycles. The number of anilines is 1. The zero-order valence-corrected chi connectivity index (χ0v) is 21.1. The molecule has 1 aromatic heterocycles. The molecule has 0 bridgehead atoms. The van der Waals surface area contributed by atoms with Crippen molar-refractivity contribution < 1.29 is 19.0 Å². The number of aromatic nitrogens is 1. The van der Waals surface area contributed by atoms with E-state index in [2.05, 4.69) is 15.6 Å². The van der Waals surface area contributed by atoms with Gasteiger partial charge in [-0.3, -0.25) is 5.32 Å². The zero-order chi connectivity index (χ0) is 25.5. The van der Waals surface area contributed by atoms with Gasteiger partial charge in [0, 0.05) is 5.39 Å². The fraction of sp³-hybridized carbons (Fsp3) is 0.179. The molecule has 0 radical (unpaired) electrons.